The molecule has 2 aliphatic heterocycles. The third-order valence-corrected chi connectivity index (χ3v) is 5.00. The molecule has 1 aromatic rings. The zero-order valence-electron chi connectivity index (χ0n) is 12.4. The van der Waals surface area contributed by atoms with Crippen LogP contribution in [0, 0.1) is 5.92 Å². The van der Waals surface area contributed by atoms with E-state index in [1.807, 2.05) is 18.2 Å². The number of fused-ring (bicyclic) bond motifs is 2. The van der Waals surface area contributed by atoms with Crippen LogP contribution in [-0.2, 0) is 9.47 Å². The van der Waals surface area contributed by atoms with Crippen LogP contribution < -0.4 is 0 Å². The van der Waals surface area contributed by atoms with Gasteiger partial charge in [-0.1, -0.05) is 32.0 Å². The van der Waals surface area contributed by atoms with Crippen molar-refractivity contribution in [2.24, 2.45) is 5.92 Å². The fraction of sp³-hybridized carbons (Fsp3) is 0.588. The Morgan fingerprint density at radius 2 is 2.00 bits per heavy atom. The Kier molecular flexibility index (Phi) is 3.13. The molecule has 3 atom stereocenters. The molecule has 3 rings (SSSR count). The van der Waals surface area contributed by atoms with E-state index < -0.39 is 0 Å². The van der Waals surface area contributed by atoms with E-state index in [1.165, 1.54) is 0 Å². The summed E-state index contributed by atoms with van der Waals surface area (Å²) in [5.41, 5.74) is 0.197. The molecule has 2 saturated heterocycles. The highest BCUT2D eigenvalue weighted by Gasteiger charge is 2.61. The van der Waals surface area contributed by atoms with E-state index in [0.29, 0.717) is 11.5 Å². The van der Waals surface area contributed by atoms with Gasteiger partial charge in [0.1, 0.15) is 11.7 Å². The van der Waals surface area contributed by atoms with E-state index in [-0.39, 0.29) is 23.3 Å². The van der Waals surface area contributed by atoms with Gasteiger partial charge in [-0.15, -0.1) is 0 Å². The first-order valence-electron chi connectivity index (χ1n) is 7.41. The molecule has 108 valence electrons. The van der Waals surface area contributed by atoms with Gasteiger partial charge in [0.2, 0.25) is 0 Å². The Hall–Kier alpha value is -1.35. The number of hydrogen-bond acceptors (Lipinski definition) is 3. The van der Waals surface area contributed by atoms with Crippen molar-refractivity contribution < 1.29 is 14.3 Å². The van der Waals surface area contributed by atoms with Crippen molar-refractivity contribution in [3.63, 3.8) is 0 Å². The van der Waals surface area contributed by atoms with Crippen LogP contribution in [-0.4, -0.2) is 23.3 Å². The normalized spacial score (nSPS) is 35.5. The molecule has 20 heavy (non-hydrogen) atoms. The van der Waals surface area contributed by atoms with Gasteiger partial charge in [-0.2, -0.15) is 0 Å². The van der Waals surface area contributed by atoms with Gasteiger partial charge in [0.05, 0.1) is 11.2 Å². The Bertz CT molecular complexity index is 510. The second kappa shape index (κ2) is 4.59. The highest BCUT2D eigenvalue weighted by atomic mass is 16.6. The lowest BCUT2D eigenvalue weighted by Crippen LogP contribution is -2.39. The first-order chi connectivity index (χ1) is 9.45. The lowest BCUT2D eigenvalue weighted by atomic mass is 9.75. The molecule has 0 aromatic heterocycles. The molecule has 2 bridgehead atoms. The molecule has 0 saturated carbocycles. The smallest absolute Gasteiger partial charge is 0.338 e. The Labute approximate surface area is 120 Å². The molecular weight excluding hydrogens is 252 g/mol. The van der Waals surface area contributed by atoms with Gasteiger partial charge in [0, 0.05) is 6.42 Å². The van der Waals surface area contributed by atoms with Gasteiger partial charge in [0.25, 0.3) is 0 Å². The fourth-order valence-corrected chi connectivity index (χ4v) is 3.51. The first kappa shape index (κ1) is 13.6. The van der Waals surface area contributed by atoms with Gasteiger partial charge in [-0.25, -0.2) is 4.79 Å². The average molecular weight is 274 g/mol. The van der Waals surface area contributed by atoms with Gasteiger partial charge < -0.3 is 9.47 Å². The summed E-state index contributed by atoms with van der Waals surface area (Å²) >= 11 is 0. The summed E-state index contributed by atoms with van der Waals surface area (Å²) in [4.78, 5) is 12.2. The van der Waals surface area contributed by atoms with Crippen LogP contribution in [0.15, 0.2) is 30.3 Å². The van der Waals surface area contributed by atoms with E-state index in [1.54, 1.807) is 12.1 Å². The van der Waals surface area contributed by atoms with Crippen molar-refractivity contribution in [3.8, 4) is 0 Å². The van der Waals surface area contributed by atoms with Gasteiger partial charge >= 0.3 is 5.97 Å². The fourth-order valence-electron chi connectivity index (χ4n) is 3.51. The van der Waals surface area contributed by atoms with Gasteiger partial charge in [0.15, 0.2) is 0 Å². The SMILES string of the molecule is CC(C)[C@]12CC[C@@](C)(O1)[C@H](OC(=O)c1ccccc1)C2. The molecule has 0 spiro atoms. The van der Waals surface area contributed by atoms with Crippen molar-refractivity contribution >= 4 is 5.97 Å². The number of carbonyl (C=O) groups is 1. The topological polar surface area (TPSA) is 35.5 Å². The maximum atomic E-state index is 12.2. The van der Waals surface area contributed by atoms with Crippen LogP contribution in [0.1, 0.15) is 50.4 Å². The Morgan fingerprint density at radius 3 is 2.60 bits per heavy atom. The van der Waals surface area contributed by atoms with Crippen molar-refractivity contribution in [2.45, 2.75) is 57.3 Å². The van der Waals surface area contributed by atoms with Gasteiger partial charge in [-0.3, -0.25) is 0 Å². The summed E-state index contributed by atoms with van der Waals surface area (Å²) in [6.45, 7) is 6.45. The molecule has 0 radical (unpaired) electrons. The Balaban J connectivity index is 1.75. The summed E-state index contributed by atoms with van der Waals surface area (Å²) in [6.07, 6.45) is 2.73. The quantitative estimate of drug-likeness (QED) is 0.790. The molecule has 0 unspecified atom stereocenters. The minimum absolute atomic E-state index is 0.101. The van der Waals surface area contributed by atoms with Crippen LogP contribution >= 0.6 is 0 Å². The highest BCUT2D eigenvalue weighted by Crippen LogP contribution is 2.55. The lowest BCUT2D eigenvalue weighted by Gasteiger charge is -2.31. The van der Waals surface area contributed by atoms with Crippen LogP contribution in [0.2, 0.25) is 0 Å². The average Bonchev–Trinajstić information content (AvgIpc) is 2.92. The predicted octanol–water partition coefficient (Wildman–Crippen LogP) is 3.58. The lowest BCUT2D eigenvalue weighted by molar-refractivity contribution is -0.0836. The summed E-state index contributed by atoms with van der Waals surface area (Å²) in [5.74, 6) is 0.205. The van der Waals surface area contributed by atoms with Crippen LogP contribution in [0.4, 0.5) is 0 Å². The summed E-state index contributed by atoms with van der Waals surface area (Å²) in [5, 5.41) is 0. The number of hydrogen-bond donors (Lipinski definition) is 0. The summed E-state index contributed by atoms with van der Waals surface area (Å²) < 4.78 is 12.0. The number of ether oxygens (including phenoxy) is 2. The van der Waals surface area contributed by atoms with E-state index in [4.69, 9.17) is 9.47 Å². The van der Waals surface area contributed by atoms with Crippen LogP contribution in [0.25, 0.3) is 0 Å². The molecule has 0 amide bonds. The largest absolute Gasteiger partial charge is 0.456 e. The minimum Gasteiger partial charge on any atom is -0.456 e. The monoisotopic (exact) mass is 274 g/mol. The van der Waals surface area contributed by atoms with E-state index >= 15 is 0 Å². The third-order valence-electron chi connectivity index (χ3n) is 5.00. The molecule has 2 aliphatic rings. The maximum absolute atomic E-state index is 12.2. The molecular formula is C17H22O3. The number of esters is 1. The molecule has 2 heterocycles. The third kappa shape index (κ3) is 2.05. The molecule has 0 aliphatic carbocycles. The standard InChI is InChI=1S/C17H22O3/c1-12(2)17-10-9-16(3,20-17)14(11-17)19-15(18)13-7-5-4-6-8-13/h4-8,12,14H,9-11H2,1-3H3/t14-,16-,17-/m1/s1. The minimum atomic E-state index is -0.311. The number of carbonyl (C=O) groups excluding carboxylic acids is 1. The van der Waals surface area contributed by atoms with Crippen LogP contribution in [0.5, 0.6) is 0 Å². The number of benzene rings is 1. The van der Waals surface area contributed by atoms with E-state index in [2.05, 4.69) is 20.8 Å². The van der Waals surface area contributed by atoms with Crippen molar-refractivity contribution in [3.05, 3.63) is 35.9 Å². The second-order valence-corrected chi connectivity index (χ2v) is 6.60. The molecule has 3 heteroatoms. The van der Waals surface area contributed by atoms with Crippen molar-refractivity contribution in [2.75, 3.05) is 0 Å². The zero-order valence-corrected chi connectivity index (χ0v) is 12.4. The number of rotatable bonds is 3. The highest BCUT2D eigenvalue weighted by molar-refractivity contribution is 5.89. The molecule has 0 N–H and O–H groups in total. The van der Waals surface area contributed by atoms with Crippen LogP contribution in [0.3, 0.4) is 0 Å². The molecule has 3 nitrogen and oxygen atoms in total. The summed E-state index contributed by atoms with van der Waals surface area (Å²) in [7, 11) is 0. The van der Waals surface area contributed by atoms with Gasteiger partial charge in [-0.05, 0) is 37.8 Å². The maximum Gasteiger partial charge on any atom is 0.338 e. The molecule has 2 fully saturated rings. The Morgan fingerprint density at radius 1 is 1.30 bits per heavy atom. The van der Waals surface area contributed by atoms with Crippen molar-refractivity contribution in [1.29, 1.82) is 0 Å². The molecule has 1 aromatic carbocycles. The predicted molar refractivity (Wildman–Crippen MR) is 76.6 cm³/mol. The second-order valence-electron chi connectivity index (χ2n) is 6.60. The van der Waals surface area contributed by atoms with E-state index in [9.17, 15) is 4.79 Å². The summed E-state index contributed by atoms with van der Waals surface area (Å²) in [6, 6.07) is 9.18. The first-order valence-corrected chi connectivity index (χ1v) is 7.41. The zero-order chi connectivity index (χ0) is 14.4. The van der Waals surface area contributed by atoms with Crippen molar-refractivity contribution in [1.82, 2.24) is 0 Å². The van der Waals surface area contributed by atoms with E-state index in [0.717, 1.165) is 19.3 Å².